The molecule has 5 nitrogen and oxygen atoms in total. The molecule has 0 saturated heterocycles. The van der Waals surface area contributed by atoms with E-state index in [1.54, 1.807) is 12.1 Å². The van der Waals surface area contributed by atoms with E-state index in [1.807, 2.05) is 18.2 Å². The lowest BCUT2D eigenvalue weighted by Gasteiger charge is -2.22. The van der Waals surface area contributed by atoms with Crippen LogP contribution in [0.3, 0.4) is 0 Å². The molecule has 4 N–H and O–H groups in total. The highest BCUT2D eigenvalue weighted by molar-refractivity contribution is 6.10. The molecule has 0 atom stereocenters. The van der Waals surface area contributed by atoms with Crippen molar-refractivity contribution < 1.29 is 5.11 Å². The summed E-state index contributed by atoms with van der Waals surface area (Å²) in [5.41, 5.74) is 12.9. The molecule has 0 unspecified atom stereocenters. The van der Waals surface area contributed by atoms with Gasteiger partial charge in [0.2, 0.25) is 0 Å². The maximum Gasteiger partial charge on any atom is 0.143 e. The van der Waals surface area contributed by atoms with Gasteiger partial charge in [-0.15, -0.1) is 0 Å². The Morgan fingerprint density at radius 1 is 1.00 bits per heavy atom. The van der Waals surface area contributed by atoms with Gasteiger partial charge in [-0.25, -0.2) is 4.98 Å². The molecule has 0 bridgehead atoms. The molecule has 138 valence electrons. The van der Waals surface area contributed by atoms with Gasteiger partial charge in [0, 0.05) is 16.3 Å². The van der Waals surface area contributed by atoms with Crippen LogP contribution >= 0.6 is 0 Å². The summed E-state index contributed by atoms with van der Waals surface area (Å²) in [6.45, 7) is 0.306. The number of nitrogens with one attached hydrogen (secondary N) is 1. The summed E-state index contributed by atoms with van der Waals surface area (Å²) in [4.78, 5) is 5.04. The van der Waals surface area contributed by atoms with Crippen molar-refractivity contribution >= 4 is 21.8 Å². The number of phenols is 1. The summed E-state index contributed by atoms with van der Waals surface area (Å²) < 4.78 is 0. The summed E-state index contributed by atoms with van der Waals surface area (Å²) in [7, 11) is 0. The number of aromatic amines is 1. The van der Waals surface area contributed by atoms with Crippen molar-refractivity contribution in [2.24, 2.45) is 5.73 Å². The number of fused-ring (bicyclic) bond motifs is 5. The highest BCUT2D eigenvalue weighted by atomic mass is 16.3. The van der Waals surface area contributed by atoms with Crippen LogP contribution in [0.5, 0.6) is 5.75 Å². The van der Waals surface area contributed by atoms with E-state index in [1.165, 1.54) is 17.5 Å². The molecule has 2 aromatic heterocycles. The molecule has 2 aromatic carbocycles. The normalized spacial score (nSPS) is 13.3. The number of rotatable bonds is 1. The van der Waals surface area contributed by atoms with E-state index >= 15 is 0 Å². The lowest BCUT2D eigenvalue weighted by atomic mass is 9.85. The number of phenolic OH excluding ortho intramolecular Hbond substituents is 1. The molecule has 1 aliphatic rings. The molecule has 28 heavy (non-hydrogen) atoms. The van der Waals surface area contributed by atoms with Gasteiger partial charge < -0.3 is 10.8 Å². The lowest BCUT2D eigenvalue weighted by Crippen LogP contribution is -2.08. The van der Waals surface area contributed by atoms with Gasteiger partial charge in [0.05, 0.1) is 23.3 Å². The van der Waals surface area contributed by atoms with Crippen LogP contribution in [-0.4, -0.2) is 26.8 Å². The third-order valence-corrected chi connectivity index (χ3v) is 5.45. The minimum Gasteiger partial charge on any atom is -0.508 e. The van der Waals surface area contributed by atoms with Crippen molar-refractivity contribution in [2.45, 2.75) is 25.7 Å². The summed E-state index contributed by atoms with van der Waals surface area (Å²) in [5.74, 6) is 6.29. The summed E-state index contributed by atoms with van der Waals surface area (Å²) in [6.07, 6.45) is 4.35. The molecule has 0 amide bonds. The Bertz CT molecular complexity index is 1260. The average Bonchev–Trinajstić information content (AvgIpc) is 3.15. The van der Waals surface area contributed by atoms with Crippen molar-refractivity contribution in [3.63, 3.8) is 0 Å². The number of benzene rings is 2. The van der Waals surface area contributed by atoms with E-state index < -0.39 is 0 Å². The summed E-state index contributed by atoms with van der Waals surface area (Å²) >= 11 is 0. The topological polar surface area (TPSA) is 87.8 Å². The number of aryl methyl sites for hydroxylation is 1. The number of nitrogens with two attached hydrogens (primary N) is 1. The van der Waals surface area contributed by atoms with Crippen LogP contribution in [0, 0.1) is 11.8 Å². The van der Waals surface area contributed by atoms with Gasteiger partial charge in [0.25, 0.3) is 0 Å². The molecular weight excluding hydrogens is 348 g/mol. The van der Waals surface area contributed by atoms with Crippen molar-refractivity contribution in [2.75, 3.05) is 6.54 Å². The first-order chi connectivity index (χ1) is 13.8. The molecule has 1 aliphatic carbocycles. The van der Waals surface area contributed by atoms with Crippen molar-refractivity contribution in [3.8, 4) is 28.8 Å². The molecular formula is C23H20N4O. The Morgan fingerprint density at radius 2 is 1.79 bits per heavy atom. The van der Waals surface area contributed by atoms with Crippen molar-refractivity contribution in [3.05, 3.63) is 53.2 Å². The third-order valence-electron chi connectivity index (χ3n) is 5.45. The van der Waals surface area contributed by atoms with E-state index in [9.17, 15) is 5.11 Å². The lowest BCUT2D eigenvalue weighted by molar-refractivity contribution is 0.475. The fourth-order valence-corrected chi connectivity index (χ4v) is 4.22. The third kappa shape index (κ3) is 2.62. The molecule has 0 radical (unpaired) electrons. The van der Waals surface area contributed by atoms with E-state index in [0.717, 1.165) is 58.0 Å². The molecule has 4 aromatic rings. The number of aromatic nitrogens is 3. The average molecular weight is 368 g/mol. The fraction of sp³-hybridized carbons (Fsp3) is 0.217. The number of hydrogen-bond donors (Lipinski definition) is 3. The monoisotopic (exact) mass is 368 g/mol. The van der Waals surface area contributed by atoms with Gasteiger partial charge in [-0.05, 0) is 79.1 Å². The van der Waals surface area contributed by atoms with Gasteiger partial charge in [0.1, 0.15) is 11.4 Å². The van der Waals surface area contributed by atoms with Crippen LogP contribution < -0.4 is 5.73 Å². The first-order valence-electron chi connectivity index (χ1n) is 9.57. The van der Waals surface area contributed by atoms with Crippen LogP contribution in [0.1, 0.15) is 29.7 Å². The second-order valence-corrected chi connectivity index (χ2v) is 7.13. The zero-order chi connectivity index (χ0) is 19.1. The molecule has 5 rings (SSSR count). The maximum absolute atomic E-state index is 9.66. The predicted octanol–water partition coefficient (Wildman–Crippen LogP) is 3.67. The Labute approximate surface area is 162 Å². The minimum atomic E-state index is 0.265. The minimum absolute atomic E-state index is 0.265. The highest BCUT2D eigenvalue weighted by Gasteiger charge is 2.22. The van der Waals surface area contributed by atoms with Crippen LogP contribution in [-0.2, 0) is 12.8 Å². The second kappa shape index (κ2) is 6.66. The van der Waals surface area contributed by atoms with Gasteiger partial charge >= 0.3 is 0 Å². The fourth-order valence-electron chi connectivity index (χ4n) is 4.22. The largest absolute Gasteiger partial charge is 0.508 e. The Kier molecular flexibility index (Phi) is 4.00. The van der Waals surface area contributed by atoms with Gasteiger partial charge in [-0.2, -0.15) is 5.10 Å². The Hall–Kier alpha value is -3.36. The standard InChI is InChI=1S/C23H20N4O/c24-13-3-6-19-22-20(27-26-19)12-11-18-21(22)16-4-1-2-5-17(16)23(25-18)14-7-9-15(28)10-8-14/h7-12,28H,1-2,4-5,13,24H2,(H,26,27). The SMILES string of the molecule is NCC#Cc1n[nH]c2ccc3nc(-c4ccc(O)cc4)c4c(c3c12)CCCC4. The first-order valence-corrected chi connectivity index (χ1v) is 9.57. The van der Waals surface area contributed by atoms with Crippen LogP contribution in [0.4, 0.5) is 0 Å². The Morgan fingerprint density at radius 3 is 2.57 bits per heavy atom. The van der Waals surface area contributed by atoms with Gasteiger partial charge in [-0.3, -0.25) is 5.10 Å². The summed E-state index contributed by atoms with van der Waals surface area (Å²) in [6, 6.07) is 11.4. The molecule has 0 spiro atoms. The molecule has 5 heteroatoms. The number of H-pyrrole nitrogens is 1. The van der Waals surface area contributed by atoms with Crippen molar-refractivity contribution in [1.29, 1.82) is 0 Å². The molecule has 0 aliphatic heterocycles. The van der Waals surface area contributed by atoms with Gasteiger partial charge in [-0.1, -0.05) is 5.92 Å². The second-order valence-electron chi connectivity index (χ2n) is 7.13. The quantitative estimate of drug-likeness (QED) is 0.447. The Balaban J connectivity index is 1.86. The number of pyridine rings is 1. The smallest absolute Gasteiger partial charge is 0.143 e. The summed E-state index contributed by atoms with van der Waals surface area (Å²) in [5, 5.41) is 19.4. The van der Waals surface area contributed by atoms with E-state index in [0.29, 0.717) is 6.54 Å². The van der Waals surface area contributed by atoms with E-state index in [2.05, 4.69) is 28.1 Å². The van der Waals surface area contributed by atoms with Crippen LogP contribution in [0.25, 0.3) is 33.1 Å². The first kappa shape index (κ1) is 16.8. The van der Waals surface area contributed by atoms with Crippen molar-refractivity contribution in [1.82, 2.24) is 15.2 Å². The number of hydrogen-bond acceptors (Lipinski definition) is 4. The molecule has 0 saturated carbocycles. The molecule has 2 heterocycles. The highest BCUT2D eigenvalue weighted by Crippen LogP contribution is 2.38. The maximum atomic E-state index is 9.66. The van der Waals surface area contributed by atoms with E-state index in [-0.39, 0.29) is 5.75 Å². The predicted molar refractivity (Wildman–Crippen MR) is 111 cm³/mol. The zero-order valence-electron chi connectivity index (χ0n) is 15.4. The van der Waals surface area contributed by atoms with Crippen LogP contribution in [0.2, 0.25) is 0 Å². The van der Waals surface area contributed by atoms with Gasteiger partial charge in [0.15, 0.2) is 0 Å². The van der Waals surface area contributed by atoms with E-state index in [4.69, 9.17) is 10.7 Å². The van der Waals surface area contributed by atoms with Crippen LogP contribution in [0.15, 0.2) is 36.4 Å². The molecule has 0 fully saturated rings. The number of nitrogens with zero attached hydrogens (tertiary/aromatic N) is 2. The zero-order valence-corrected chi connectivity index (χ0v) is 15.4. The number of aromatic hydroxyl groups is 1.